The number of hydrogen-bond donors (Lipinski definition) is 2. The molecule has 0 radical (unpaired) electrons. The molecule has 3 N–H and O–H groups in total. The van der Waals surface area contributed by atoms with Crippen molar-refractivity contribution in [3.05, 3.63) is 54.1 Å². The van der Waals surface area contributed by atoms with E-state index in [9.17, 15) is 4.79 Å². The topological polar surface area (TPSA) is 85.9 Å². The van der Waals surface area contributed by atoms with E-state index < -0.39 is 6.10 Å². The Balaban J connectivity index is 1.63. The van der Waals surface area contributed by atoms with Gasteiger partial charge in [0.2, 0.25) is 6.10 Å². The smallest absolute Gasteiger partial charge is 0.284 e. The molecule has 1 amide bonds. The van der Waals surface area contributed by atoms with Crippen LogP contribution in [0.15, 0.2) is 53.6 Å². The number of carbonyl (C=O) groups is 1. The van der Waals surface area contributed by atoms with E-state index in [-0.39, 0.29) is 12.5 Å². The van der Waals surface area contributed by atoms with Gasteiger partial charge in [-0.2, -0.15) is 5.10 Å². The van der Waals surface area contributed by atoms with Gasteiger partial charge in [0, 0.05) is 5.69 Å². The second-order valence-electron chi connectivity index (χ2n) is 5.16. The minimum atomic E-state index is -0.729. The van der Waals surface area contributed by atoms with Crippen molar-refractivity contribution in [3.8, 4) is 11.5 Å². The molecule has 6 nitrogen and oxygen atoms in total. The zero-order valence-corrected chi connectivity index (χ0v) is 12.7. The Morgan fingerprint density at radius 3 is 2.61 bits per heavy atom. The van der Waals surface area contributed by atoms with E-state index in [2.05, 4.69) is 10.5 Å². The maximum Gasteiger partial charge on any atom is 0.284 e. The lowest BCUT2D eigenvalue weighted by Crippen LogP contribution is -2.42. The third-order valence-corrected chi connectivity index (χ3v) is 3.46. The Kier molecular flexibility index (Phi) is 4.14. The van der Waals surface area contributed by atoms with Gasteiger partial charge in [0.05, 0.1) is 5.71 Å². The van der Waals surface area contributed by atoms with Crippen LogP contribution in [0.1, 0.15) is 12.5 Å². The first-order valence-electron chi connectivity index (χ1n) is 7.22. The number of benzene rings is 2. The van der Waals surface area contributed by atoms with Crippen LogP contribution in [0.4, 0.5) is 5.69 Å². The molecule has 6 heteroatoms. The minimum absolute atomic E-state index is 0.152. The van der Waals surface area contributed by atoms with Gasteiger partial charge in [-0.05, 0) is 36.8 Å². The SMILES string of the molecule is C/C(=N/NC(=O)[C@@H]1COc2ccccc2O1)c1ccc(N)cc1. The second-order valence-corrected chi connectivity index (χ2v) is 5.16. The molecule has 0 spiro atoms. The van der Waals surface area contributed by atoms with Gasteiger partial charge in [-0.3, -0.25) is 4.79 Å². The van der Waals surface area contributed by atoms with Gasteiger partial charge in [0.1, 0.15) is 6.61 Å². The van der Waals surface area contributed by atoms with Crippen LogP contribution in [0.3, 0.4) is 0 Å². The van der Waals surface area contributed by atoms with Gasteiger partial charge >= 0.3 is 0 Å². The van der Waals surface area contributed by atoms with Crippen molar-refractivity contribution in [2.75, 3.05) is 12.3 Å². The van der Waals surface area contributed by atoms with Crippen LogP contribution in [0.5, 0.6) is 11.5 Å². The van der Waals surface area contributed by atoms with E-state index in [0.717, 1.165) is 5.56 Å². The van der Waals surface area contributed by atoms with E-state index in [4.69, 9.17) is 15.2 Å². The predicted octanol–water partition coefficient (Wildman–Crippen LogP) is 1.95. The molecule has 0 aromatic heterocycles. The highest BCUT2D eigenvalue weighted by molar-refractivity contribution is 5.99. The molecule has 0 saturated carbocycles. The van der Waals surface area contributed by atoms with Gasteiger partial charge in [-0.15, -0.1) is 0 Å². The standard InChI is InChI=1S/C17H17N3O3/c1-11(12-6-8-13(18)9-7-12)19-20-17(21)16-10-22-14-4-2-3-5-15(14)23-16/h2-9,16H,10,18H2,1H3,(H,20,21)/b19-11-/t16-/m0/s1. The number of nitrogens with two attached hydrogens (primary N) is 1. The Bertz CT molecular complexity index is 741. The van der Waals surface area contributed by atoms with Gasteiger partial charge < -0.3 is 15.2 Å². The molecule has 0 bridgehead atoms. The molecule has 0 unspecified atom stereocenters. The van der Waals surface area contributed by atoms with E-state index in [0.29, 0.717) is 22.9 Å². The maximum absolute atomic E-state index is 12.2. The summed E-state index contributed by atoms with van der Waals surface area (Å²) in [7, 11) is 0. The van der Waals surface area contributed by atoms with Crippen LogP contribution < -0.4 is 20.6 Å². The lowest BCUT2D eigenvalue weighted by atomic mass is 10.1. The number of para-hydroxylation sites is 2. The van der Waals surface area contributed by atoms with Crippen LogP contribution in [0, 0.1) is 0 Å². The summed E-state index contributed by atoms with van der Waals surface area (Å²) in [6.07, 6.45) is -0.729. The maximum atomic E-state index is 12.2. The molecular formula is C17H17N3O3. The first-order valence-corrected chi connectivity index (χ1v) is 7.22. The molecule has 0 aliphatic carbocycles. The van der Waals surface area contributed by atoms with Crippen LogP contribution >= 0.6 is 0 Å². The average molecular weight is 311 g/mol. The molecule has 2 aromatic carbocycles. The minimum Gasteiger partial charge on any atom is -0.485 e. The normalized spacial score (nSPS) is 16.7. The number of nitrogens with zero attached hydrogens (tertiary/aromatic N) is 1. The molecule has 1 aliphatic rings. The first kappa shape index (κ1) is 14.9. The summed E-state index contributed by atoms with van der Waals surface area (Å²) in [6, 6.07) is 14.5. The molecule has 3 rings (SSSR count). The third-order valence-electron chi connectivity index (χ3n) is 3.46. The Morgan fingerprint density at radius 1 is 1.17 bits per heavy atom. The predicted molar refractivity (Wildman–Crippen MR) is 87.6 cm³/mol. The summed E-state index contributed by atoms with van der Waals surface area (Å²) in [5.74, 6) is 0.838. The van der Waals surface area contributed by atoms with Crippen molar-refractivity contribution in [1.82, 2.24) is 5.43 Å². The van der Waals surface area contributed by atoms with Crippen molar-refractivity contribution in [2.45, 2.75) is 13.0 Å². The molecule has 0 saturated heterocycles. The number of rotatable bonds is 3. The summed E-state index contributed by atoms with van der Waals surface area (Å²) >= 11 is 0. The number of hydrogen-bond acceptors (Lipinski definition) is 5. The summed E-state index contributed by atoms with van der Waals surface area (Å²) in [5.41, 5.74) is 10.4. The molecule has 2 aromatic rings. The molecule has 1 heterocycles. The van der Waals surface area contributed by atoms with Gasteiger partial charge in [-0.25, -0.2) is 5.43 Å². The number of hydrazone groups is 1. The molecular weight excluding hydrogens is 294 g/mol. The van der Waals surface area contributed by atoms with E-state index >= 15 is 0 Å². The number of amides is 1. The quantitative estimate of drug-likeness (QED) is 0.515. The molecule has 0 fully saturated rings. The molecule has 118 valence electrons. The first-order chi connectivity index (χ1) is 11.1. The highest BCUT2D eigenvalue weighted by atomic mass is 16.6. The van der Waals surface area contributed by atoms with Crippen LogP contribution in [0.25, 0.3) is 0 Å². The average Bonchev–Trinajstić information content (AvgIpc) is 2.59. The number of nitrogens with one attached hydrogen (secondary N) is 1. The van der Waals surface area contributed by atoms with Gasteiger partial charge in [0.25, 0.3) is 5.91 Å². The van der Waals surface area contributed by atoms with Crippen molar-refractivity contribution >= 4 is 17.3 Å². The fourth-order valence-corrected chi connectivity index (χ4v) is 2.15. The summed E-state index contributed by atoms with van der Waals surface area (Å²) in [6.45, 7) is 1.96. The Morgan fingerprint density at radius 2 is 1.87 bits per heavy atom. The van der Waals surface area contributed by atoms with Crippen LogP contribution in [0.2, 0.25) is 0 Å². The monoisotopic (exact) mass is 311 g/mol. The fourth-order valence-electron chi connectivity index (χ4n) is 2.15. The summed E-state index contributed by atoms with van der Waals surface area (Å²) in [4.78, 5) is 12.2. The van der Waals surface area contributed by atoms with Crippen molar-refractivity contribution in [1.29, 1.82) is 0 Å². The number of anilines is 1. The van der Waals surface area contributed by atoms with E-state index in [1.807, 2.05) is 24.3 Å². The number of ether oxygens (including phenoxy) is 2. The third kappa shape index (κ3) is 3.42. The summed E-state index contributed by atoms with van der Waals surface area (Å²) < 4.78 is 11.1. The van der Waals surface area contributed by atoms with Crippen molar-refractivity contribution in [3.63, 3.8) is 0 Å². The van der Waals surface area contributed by atoms with Gasteiger partial charge in [0.15, 0.2) is 11.5 Å². The number of fused-ring (bicyclic) bond motifs is 1. The zero-order valence-electron chi connectivity index (χ0n) is 12.7. The zero-order chi connectivity index (χ0) is 16.2. The van der Waals surface area contributed by atoms with Crippen molar-refractivity contribution in [2.24, 2.45) is 5.10 Å². The van der Waals surface area contributed by atoms with Crippen LogP contribution in [-0.2, 0) is 4.79 Å². The summed E-state index contributed by atoms with van der Waals surface area (Å²) in [5, 5.41) is 4.10. The Hall–Kier alpha value is -3.02. The highest BCUT2D eigenvalue weighted by Crippen LogP contribution is 2.30. The van der Waals surface area contributed by atoms with Crippen LogP contribution in [-0.4, -0.2) is 24.3 Å². The Labute approximate surface area is 133 Å². The lowest BCUT2D eigenvalue weighted by Gasteiger charge is -2.24. The van der Waals surface area contributed by atoms with Gasteiger partial charge in [-0.1, -0.05) is 24.3 Å². The van der Waals surface area contributed by atoms with E-state index in [1.165, 1.54) is 0 Å². The van der Waals surface area contributed by atoms with E-state index in [1.54, 1.807) is 31.2 Å². The fraction of sp³-hybridized carbons (Fsp3) is 0.176. The second kappa shape index (κ2) is 6.39. The number of carbonyl (C=O) groups excluding carboxylic acids is 1. The van der Waals surface area contributed by atoms with Crippen molar-refractivity contribution < 1.29 is 14.3 Å². The molecule has 23 heavy (non-hydrogen) atoms. The lowest BCUT2D eigenvalue weighted by molar-refractivity contribution is -0.130. The number of nitrogen functional groups attached to an aromatic ring is 1. The molecule has 1 atom stereocenters. The highest BCUT2D eigenvalue weighted by Gasteiger charge is 2.27. The largest absolute Gasteiger partial charge is 0.485 e. The molecule has 1 aliphatic heterocycles.